The number of alkyl halides is 4. The molecule has 1 N–H and O–H groups in total. The van der Waals surface area contributed by atoms with Gasteiger partial charge in [0, 0.05) is 6.54 Å². The molecule has 0 aliphatic carbocycles. The number of hydrogen-bond donors (Lipinski definition) is 1. The van der Waals surface area contributed by atoms with Crippen LogP contribution in [0.25, 0.3) is 0 Å². The Morgan fingerprint density at radius 3 is 2.52 bits per heavy atom. The summed E-state index contributed by atoms with van der Waals surface area (Å²) in [7, 11) is 0. The third-order valence-electron chi connectivity index (χ3n) is 2.45. The predicted octanol–water partition coefficient (Wildman–Crippen LogP) is 3.16. The highest BCUT2D eigenvalue weighted by molar-refractivity contribution is 5.37. The van der Waals surface area contributed by atoms with Crippen molar-refractivity contribution in [3.63, 3.8) is 0 Å². The van der Waals surface area contributed by atoms with Gasteiger partial charge in [-0.1, -0.05) is 6.92 Å². The molecular formula is C12H16F5N3O. The summed E-state index contributed by atoms with van der Waals surface area (Å²) in [6.07, 6.45) is -3.08. The van der Waals surface area contributed by atoms with E-state index in [4.69, 9.17) is 0 Å². The number of anilines is 1. The lowest BCUT2D eigenvalue weighted by molar-refractivity contribution is -0.168. The third kappa shape index (κ3) is 5.07. The number of nitrogens with one attached hydrogen (secondary N) is 1. The molecule has 0 atom stereocenters. The van der Waals surface area contributed by atoms with Crippen molar-refractivity contribution in [1.82, 2.24) is 9.97 Å². The highest BCUT2D eigenvalue weighted by Crippen LogP contribution is 2.23. The first-order valence-corrected chi connectivity index (χ1v) is 6.28. The van der Waals surface area contributed by atoms with E-state index in [1.54, 1.807) is 0 Å². The monoisotopic (exact) mass is 313 g/mol. The van der Waals surface area contributed by atoms with Gasteiger partial charge in [0.2, 0.25) is 0 Å². The molecule has 1 aromatic heterocycles. The SMILES string of the molecule is CCCNc1nc(COCC(F)(F)C(F)F)nc(C)c1F. The topological polar surface area (TPSA) is 47.0 Å². The quantitative estimate of drug-likeness (QED) is 0.749. The predicted molar refractivity (Wildman–Crippen MR) is 66.1 cm³/mol. The van der Waals surface area contributed by atoms with Crippen LogP contribution in [-0.2, 0) is 11.3 Å². The van der Waals surface area contributed by atoms with Gasteiger partial charge in [0.05, 0.1) is 5.69 Å². The summed E-state index contributed by atoms with van der Waals surface area (Å²) in [4.78, 5) is 7.50. The smallest absolute Gasteiger partial charge is 0.330 e. The summed E-state index contributed by atoms with van der Waals surface area (Å²) >= 11 is 0. The number of nitrogens with zero attached hydrogens (tertiary/aromatic N) is 2. The maximum absolute atomic E-state index is 13.7. The van der Waals surface area contributed by atoms with Gasteiger partial charge in [-0.15, -0.1) is 0 Å². The molecule has 1 rings (SSSR count). The number of aryl methyl sites for hydroxylation is 1. The van der Waals surface area contributed by atoms with E-state index in [1.807, 2.05) is 6.92 Å². The molecule has 1 aromatic rings. The van der Waals surface area contributed by atoms with Crippen LogP contribution < -0.4 is 5.32 Å². The summed E-state index contributed by atoms with van der Waals surface area (Å²) in [5, 5.41) is 2.72. The molecular weight excluding hydrogens is 297 g/mol. The molecule has 0 spiro atoms. The molecule has 0 fully saturated rings. The molecule has 0 aromatic carbocycles. The van der Waals surface area contributed by atoms with E-state index in [0.717, 1.165) is 6.42 Å². The van der Waals surface area contributed by atoms with Crippen LogP contribution in [0.2, 0.25) is 0 Å². The molecule has 0 saturated heterocycles. The van der Waals surface area contributed by atoms with Gasteiger partial charge in [-0.25, -0.2) is 23.1 Å². The Balaban J connectivity index is 2.69. The van der Waals surface area contributed by atoms with Crippen molar-refractivity contribution in [2.45, 2.75) is 39.2 Å². The fourth-order valence-corrected chi connectivity index (χ4v) is 1.38. The molecule has 0 aliphatic rings. The van der Waals surface area contributed by atoms with Gasteiger partial charge in [-0.05, 0) is 13.3 Å². The van der Waals surface area contributed by atoms with Crippen LogP contribution in [0.3, 0.4) is 0 Å². The van der Waals surface area contributed by atoms with Gasteiger partial charge in [0.15, 0.2) is 17.5 Å². The summed E-state index contributed by atoms with van der Waals surface area (Å²) in [6.45, 7) is 1.75. The molecule has 1 heterocycles. The van der Waals surface area contributed by atoms with Crippen molar-refractivity contribution in [3.8, 4) is 0 Å². The molecule has 0 bridgehead atoms. The van der Waals surface area contributed by atoms with Crippen molar-refractivity contribution in [2.75, 3.05) is 18.5 Å². The number of rotatable bonds is 8. The molecule has 21 heavy (non-hydrogen) atoms. The fourth-order valence-electron chi connectivity index (χ4n) is 1.38. The molecule has 0 amide bonds. The molecule has 0 unspecified atom stereocenters. The zero-order valence-electron chi connectivity index (χ0n) is 11.6. The van der Waals surface area contributed by atoms with Gasteiger partial charge in [0.25, 0.3) is 0 Å². The van der Waals surface area contributed by atoms with Gasteiger partial charge in [0.1, 0.15) is 13.2 Å². The number of hydrogen-bond acceptors (Lipinski definition) is 4. The van der Waals surface area contributed by atoms with E-state index in [9.17, 15) is 22.0 Å². The first-order chi connectivity index (χ1) is 9.77. The lowest BCUT2D eigenvalue weighted by atomic mass is 10.3. The maximum Gasteiger partial charge on any atom is 0.330 e. The van der Waals surface area contributed by atoms with Crippen LogP contribution in [0.1, 0.15) is 24.9 Å². The van der Waals surface area contributed by atoms with Gasteiger partial charge in [-0.2, -0.15) is 8.78 Å². The molecule has 0 radical (unpaired) electrons. The van der Waals surface area contributed by atoms with Crippen LogP contribution in [0, 0.1) is 12.7 Å². The van der Waals surface area contributed by atoms with Crippen LogP contribution in [0.4, 0.5) is 27.8 Å². The van der Waals surface area contributed by atoms with Crippen molar-refractivity contribution in [2.24, 2.45) is 0 Å². The lowest BCUT2D eigenvalue weighted by Crippen LogP contribution is -2.32. The fraction of sp³-hybridized carbons (Fsp3) is 0.667. The van der Waals surface area contributed by atoms with Gasteiger partial charge >= 0.3 is 12.3 Å². The summed E-state index contributed by atoms with van der Waals surface area (Å²) < 4.78 is 67.3. The number of halogens is 5. The minimum Gasteiger partial charge on any atom is -0.368 e. The number of ether oxygens (including phenoxy) is 1. The number of aromatic nitrogens is 2. The molecule has 4 nitrogen and oxygen atoms in total. The van der Waals surface area contributed by atoms with E-state index in [-0.39, 0.29) is 17.3 Å². The van der Waals surface area contributed by atoms with Gasteiger partial charge < -0.3 is 10.1 Å². The minimum atomic E-state index is -4.24. The Hall–Kier alpha value is -1.51. The summed E-state index contributed by atoms with van der Waals surface area (Å²) in [6, 6.07) is 0. The molecule has 9 heteroatoms. The van der Waals surface area contributed by atoms with E-state index < -0.39 is 31.4 Å². The van der Waals surface area contributed by atoms with Gasteiger partial charge in [-0.3, -0.25) is 0 Å². The van der Waals surface area contributed by atoms with Crippen molar-refractivity contribution < 1.29 is 26.7 Å². The lowest BCUT2D eigenvalue weighted by Gasteiger charge is -2.15. The Morgan fingerprint density at radius 2 is 1.95 bits per heavy atom. The first-order valence-electron chi connectivity index (χ1n) is 6.28. The van der Waals surface area contributed by atoms with Crippen LogP contribution in [-0.4, -0.2) is 35.5 Å². The van der Waals surface area contributed by atoms with Crippen molar-refractivity contribution in [3.05, 3.63) is 17.3 Å². The van der Waals surface area contributed by atoms with Crippen molar-refractivity contribution >= 4 is 5.82 Å². The molecule has 0 saturated carbocycles. The summed E-state index contributed by atoms with van der Waals surface area (Å²) in [5.41, 5.74) is 0.0165. The Bertz CT molecular complexity index is 470. The Morgan fingerprint density at radius 1 is 1.29 bits per heavy atom. The van der Waals surface area contributed by atoms with Crippen molar-refractivity contribution in [1.29, 1.82) is 0 Å². The highest BCUT2D eigenvalue weighted by Gasteiger charge is 2.41. The Labute approximate surface area is 118 Å². The van der Waals surface area contributed by atoms with Crippen LogP contribution in [0.5, 0.6) is 0 Å². The zero-order chi connectivity index (χ0) is 16.0. The molecule has 120 valence electrons. The second-order valence-corrected chi connectivity index (χ2v) is 4.37. The zero-order valence-corrected chi connectivity index (χ0v) is 11.6. The van der Waals surface area contributed by atoms with E-state index in [0.29, 0.717) is 6.54 Å². The average Bonchev–Trinajstić information content (AvgIpc) is 2.40. The van der Waals surface area contributed by atoms with Crippen LogP contribution in [0.15, 0.2) is 0 Å². The van der Waals surface area contributed by atoms with E-state index in [2.05, 4.69) is 20.0 Å². The standard InChI is InChI=1S/C12H16F5N3O/c1-3-4-18-10-9(13)7(2)19-8(20-10)5-21-6-12(16,17)11(14)15/h11H,3-6H2,1-2H3,(H,18,19,20). The van der Waals surface area contributed by atoms with E-state index >= 15 is 0 Å². The largest absolute Gasteiger partial charge is 0.368 e. The normalized spacial score (nSPS) is 12.0. The first kappa shape index (κ1) is 17.5. The molecule has 0 aliphatic heterocycles. The third-order valence-corrected chi connectivity index (χ3v) is 2.45. The second kappa shape index (κ2) is 7.48. The maximum atomic E-state index is 13.7. The minimum absolute atomic E-state index is 0.0165. The average molecular weight is 313 g/mol. The highest BCUT2D eigenvalue weighted by atomic mass is 19.3. The Kier molecular flexibility index (Phi) is 6.25. The second-order valence-electron chi connectivity index (χ2n) is 4.37. The van der Waals surface area contributed by atoms with E-state index in [1.165, 1.54) is 6.92 Å². The summed E-state index contributed by atoms with van der Waals surface area (Å²) in [5.74, 6) is -5.01. The van der Waals surface area contributed by atoms with Crippen LogP contribution >= 0.6 is 0 Å².